The van der Waals surface area contributed by atoms with Crippen LogP contribution in [-0.4, -0.2) is 59.8 Å². The fraction of sp³-hybridized carbons (Fsp3) is 0.353. The summed E-state index contributed by atoms with van der Waals surface area (Å²) in [5.41, 5.74) is 8.42. The van der Waals surface area contributed by atoms with Gasteiger partial charge in [0.2, 0.25) is 5.95 Å². The number of carboxylic acids is 1. The van der Waals surface area contributed by atoms with Gasteiger partial charge in [-0.3, -0.25) is 19.1 Å². The molecule has 0 bridgehead atoms. The summed E-state index contributed by atoms with van der Waals surface area (Å²) >= 11 is 0. The minimum Gasteiger partial charge on any atom is -0.478 e. The lowest BCUT2D eigenvalue weighted by atomic mass is 9.91. The van der Waals surface area contributed by atoms with E-state index in [1.807, 2.05) is 32.6 Å². The Morgan fingerprint density at radius 3 is 2.40 bits per heavy atom. The Hall–Kier alpha value is -5.06. The van der Waals surface area contributed by atoms with E-state index < -0.39 is 5.97 Å². The number of rotatable bonds is 7. The third-order valence-electron chi connectivity index (χ3n) is 9.36. The molecule has 11 heteroatoms. The topological polar surface area (TPSA) is 122 Å². The largest absolute Gasteiger partial charge is 0.478 e. The Bertz CT molecular complexity index is 1920. The Morgan fingerprint density at radius 1 is 0.889 bits per heavy atom. The second-order valence-corrected chi connectivity index (χ2v) is 12.1. The van der Waals surface area contributed by atoms with E-state index in [-0.39, 0.29) is 11.3 Å². The second-order valence-electron chi connectivity index (χ2n) is 12.1. The third kappa shape index (κ3) is 5.54. The third-order valence-corrected chi connectivity index (χ3v) is 9.36. The number of hydrogen-bond donors (Lipinski definition) is 1. The van der Waals surface area contributed by atoms with Gasteiger partial charge < -0.3 is 14.9 Å². The number of hydrogen-bond acceptors (Lipinski definition) is 8. The molecule has 45 heavy (non-hydrogen) atoms. The van der Waals surface area contributed by atoms with Gasteiger partial charge in [-0.15, -0.1) is 0 Å². The van der Waals surface area contributed by atoms with Crippen LogP contribution in [0.2, 0.25) is 0 Å². The molecule has 7 rings (SSSR count). The van der Waals surface area contributed by atoms with Crippen LogP contribution in [0.25, 0.3) is 22.3 Å². The van der Waals surface area contributed by atoms with E-state index in [0.29, 0.717) is 11.9 Å². The van der Waals surface area contributed by atoms with Crippen LogP contribution in [0.3, 0.4) is 0 Å². The maximum atomic E-state index is 12.4. The summed E-state index contributed by atoms with van der Waals surface area (Å²) in [7, 11) is 3.63. The molecule has 5 aromatic rings. The lowest BCUT2D eigenvalue weighted by Gasteiger charge is -2.32. The lowest BCUT2D eigenvalue weighted by Crippen LogP contribution is -2.35. The summed E-state index contributed by atoms with van der Waals surface area (Å²) in [4.78, 5) is 46.0. The zero-order valence-corrected chi connectivity index (χ0v) is 25.6. The number of carboxylic acid groups (broad SMARTS) is 1. The van der Waals surface area contributed by atoms with Crippen molar-refractivity contribution >= 4 is 34.3 Å². The highest BCUT2D eigenvalue weighted by Crippen LogP contribution is 2.36. The van der Waals surface area contributed by atoms with Crippen molar-refractivity contribution in [3.8, 4) is 11.3 Å². The van der Waals surface area contributed by atoms with Crippen LogP contribution in [0.4, 0.5) is 17.3 Å². The monoisotopic (exact) mass is 604 g/mol. The molecule has 0 saturated carbocycles. The summed E-state index contributed by atoms with van der Waals surface area (Å²) < 4.78 is 3.38. The normalized spacial score (nSPS) is 15.4. The quantitative estimate of drug-likeness (QED) is 0.280. The first-order valence-corrected chi connectivity index (χ1v) is 15.5. The van der Waals surface area contributed by atoms with Crippen molar-refractivity contribution in [2.45, 2.75) is 38.5 Å². The molecule has 11 nitrogen and oxygen atoms in total. The molecule has 230 valence electrons. The lowest BCUT2D eigenvalue weighted by molar-refractivity contribution is 0.0696. The molecule has 0 unspecified atom stereocenters. The Kier molecular flexibility index (Phi) is 7.52. The molecule has 1 saturated heterocycles. The average molecular weight is 605 g/mol. The van der Waals surface area contributed by atoms with Crippen molar-refractivity contribution in [2.24, 2.45) is 20.0 Å². The average Bonchev–Trinajstić information content (AvgIpc) is 3.30. The van der Waals surface area contributed by atoms with E-state index in [9.17, 15) is 9.59 Å². The SMILES string of the molecule is Cn1c(=O)n(C)c2cc(N3CCCc4cc(-c5ccc(CCC6CCN(c7ncc(C(=O)O)cn7)CC6)nc5)ncc43)ccc21. The number of anilines is 3. The highest BCUT2D eigenvalue weighted by atomic mass is 16.4. The van der Waals surface area contributed by atoms with Crippen LogP contribution in [0.1, 0.15) is 47.3 Å². The van der Waals surface area contributed by atoms with Crippen molar-refractivity contribution in [1.82, 2.24) is 29.1 Å². The van der Waals surface area contributed by atoms with Gasteiger partial charge in [-0.25, -0.2) is 19.6 Å². The molecule has 1 N–H and O–H groups in total. The van der Waals surface area contributed by atoms with Gasteiger partial charge in [-0.1, -0.05) is 0 Å². The van der Waals surface area contributed by atoms with Crippen molar-refractivity contribution in [3.63, 3.8) is 0 Å². The fourth-order valence-electron chi connectivity index (χ4n) is 6.66. The highest BCUT2D eigenvalue weighted by Gasteiger charge is 2.23. The van der Waals surface area contributed by atoms with E-state index in [1.165, 1.54) is 18.0 Å². The number of piperidine rings is 1. The zero-order chi connectivity index (χ0) is 31.1. The molecule has 2 aliphatic rings. The number of aryl methyl sites for hydroxylation is 4. The summed E-state index contributed by atoms with van der Waals surface area (Å²) in [6, 6.07) is 12.7. The number of fused-ring (bicyclic) bond motifs is 2. The number of benzene rings is 1. The molecular weight excluding hydrogens is 568 g/mol. The van der Waals surface area contributed by atoms with E-state index in [1.54, 1.807) is 9.13 Å². The predicted octanol–water partition coefficient (Wildman–Crippen LogP) is 4.76. The van der Waals surface area contributed by atoms with Gasteiger partial charge >= 0.3 is 11.7 Å². The van der Waals surface area contributed by atoms with Gasteiger partial charge in [0.15, 0.2) is 0 Å². The fourth-order valence-corrected chi connectivity index (χ4v) is 6.66. The number of nitrogens with zero attached hydrogens (tertiary/aromatic N) is 8. The smallest absolute Gasteiger partial charge is 0.338 e. The van der Waals surface area contributed by atoms with Crippen LogP contribution >= 0.6 is 0 Å². The summed E-state index contributed by atoms with van der Waals surface area (Å²) in [6.45, 7) is 2.64. The molecular formula is C34H36N8O3. The summed E-state index contributed by atoms with van der Waals surface area (Å²) in [5.74, 6) is 0.196. The minimum absolute atomic E-state index is 0.0213. The molecule has 0 amide bonds. The Balaban J connectivity index is 0.980. The molecule has 6 heterocycles. The first-order valence-electron chi connectivity index (χ1n) is 15.5. The molecule has 0 radical (unpaired) electrons. The van der Waals surface area contributed by atoms with E-state index in [2.05, 4.69) is 50.1 Å². The number of aromatic carboxylic acids is 1. The molecule has 0 aliphatic carbocycles. The maximum Gasteiger partial charge on any atom is 0.338 e. The zero-order valence-electron chi connectivity index (χ0n) is 25.6. The van der Waals surface area contributed by atoms with Crippen molar-refractivity contribution in [2.75, 3.05) is 29.4 Å². The van der Waals surface area contributed by atoms with Crippen LogP contribution < -0.4 is 15.5 Å². The van der Waals surface area contributed by atoms with Gasteiger partial charge in [0, 0.05) is 69.3 Å². The minimum atomic E-state index is -1.01. The molecule has 4 aromatic heterocycles. The summed E-state index contributed by atoms with van der Waals surface area (Å²) in [5, 5.41) is 9.06. The van der Waals surface area contributed by atoms with Gasteiger partial charge in [0.25, 0.3) is 0 Å². The van der Waals surface area contributed by atoms with Crippen LogP contribution in [0.15, 0.2) is 66.0 Å². The number of aromatic nitrogens is 6. The highest BCUT2D eigenvalue weighted by molar-refractivity contribution is 5.87. The number of carbonyl (C=O) groups is 1. The van der Waals surface area contributed by atoms with E-state index in [0.717, 1.165) is 97.5 Å². The standard InChI is InChI=1S/C34H36N8O3/c1-39-29-10-9-27(17-30(29)40(2)34(39)45)42-13-3-4-23-16-28(36-21-31(23)42)24-6-8-26(35-18-24)7-5-22-11-14-41(15-12-22)33-37-19-25(20-38-33)32(43)44/h6,8-10,16-22H,3-5,7,11-15H2,1-2H3,(H,43,44). The molecule has 1 aromatic carbocycles. The first-order chi connectivity index (χ1) is 21.9. The van der Waals surface area contributed by atoms with Crippen LogP contribution in [0.5, 0.6) is 0 Å². The molecule has 0 spiro atoms. The van der Waals surface area contributed by atoms with Crippen molar-refractivity contribution in [1.29, 1.82) is 0 Å². The maximum absolute atomic E-state index is 12.4. The van der Waals surface area contributed by atoms with Gasteiger partial charge in [-0.2, -0.15) is 0 Å². The molecule has 0 atom stereocenters. The van der Waals surface area contributed by atoms with Crippen LogP contribution in [-0.2, 0) is 26.9 Å². The number of pyridine rings is 2. The first kappa shape index (κ1) is 28.7. The van der Waals surface area contributed by atoms with Crippen molar-refractivity contribution in [3.05, 3.63) is 88.5 Å². The molecule has 1 fully saturated rings. The Morgan fingerprint density at radius 2 is 1.67 bits per heavy atom. The molecule has 2 aliphatic heterocycles. The van der Waals surface area contributed by atoms with E-state index in [4.69, 9.17) is 15.1 Å². The van der Waals surface area contributed by atoms with Crippen molar-refractivity contribution < 1.29 is 9.90 Å². The van der Waals surface area contributed by atoms with E-state index >= 15 is 0 Å². The van der Waals surface area contributed by atoms with Gasteiger partial charge in [0.05, 0.1) is 34.2 Å². The summed E-state index contributed by atoms with van der Waals surface area (Å²) in [6.07, 6.45) is 12.8. The predicted molar refractivity (Wildman–Crippen MR) is 173 cm³/mol. The van der Waals surface area contributed by atoms with Gasteiger partial charge in [0.1, 0.15) is 0 Å². The van der Waals surface area contributed by atoms with Crippen LogP contribution in [0, 0.1) is 5.92 Å². The van der Waals surface area contributed by atoms with Gasteiger partial charge in [-0.05, 0) is 86.4 Å². The second kappa shape index (κ2) is 11.8. The number of imidazole rings is 1. The Labute approximate surface area is 260 Å².